The Hall–Kier alpha value is -4.62. The molecule has 0 saturated heterocycles. The molecule has 6 aromatic carbocycles. The molecule has 0 saturated carbocycles. The van der Waals surface area contributed by atoms with Crippen LogP contribution in [0.15, 0.2) is 115 Å². The van der Waals surface area contributed by atoms with Crippen molar-refractivity contribution in [1.29, 1.82) is 0 Å². The van der Waals surface area contributed by atoms with E-state index in [0.29, 0.717) is 0 Å². The van der Waals surface area contributed by atoms with Crippen LogP contribution in [-0.2, 0) is 5.41 Å². The first kappa shape index (κ1) is 23.3. The number of nitrogens with zero attached hydrogens (tertiary/aromatic N) is 1. The third-order valence-corrected chi connectivity index (χ3v) is 9.15. The quantitative estimate of drug-likeness (QED) is 0.227. The normalized spacial score (nSPS) is 13.7. The standard InChI is InChI=1S/C39H31N/c1-24-9-13-26(14-10-24)40(27-15-11-25(2)12-16-27)28-17-18-31-34-20-19-32-29-7-5-6-8-30(29)33-21-22-35(38(34)37(32)33)39(3,4)36(31)23-28/h5-23H,1-4H3. The van der Waals surface area contributed by atoms with Gasteiger partial charge in [-0.2, -0.15) is 0 Å². The topological polar surface area (TPSA) is 3.24 Å². The van der Waals surface area contributed by atoms with E-state index < -0.39 is 0 Å². The van der Waals surface area contributed by atoms with Gasteiger partial charge in [-0.3, -0.25) is 0 Å². The number of benzene rings is 6. The van der Waals surface area contributed by atoms with E-state index in [2.05, 4.69) is 148 Å². The summed E-state index contributed by atoms with van der Waals surface area (Å²) < 4.78 is 0. The van der Waals surface area contributed by atoms with Gasteiger partial charge in [0.05, 0.1) is 0 Å². The van der Waals surface area contributed by atoms with Gasteiger partial charge in [-0.1, -0.05) is 104 Å². The summed E-state index contributed by atoms with van der Waals surface area (Å²) in [5.41, 5.74) is 16.8. The van der Waals surface area contributed by atoms with E-state index in [0.717, 1.165) is 0 Å². The first-order valence-electron chi connectivity index (χ1n) is 14.2. The average Bonchev–Trinajstić information content (AvgIpc) is 3.30. The number of aryl methyl sites for hydroxylation is 2. The van der Waals surface area contributed by atoms with E-state index >= 15 is 0 Å². The first-order chi connectivity index (χ1) is 19.4. The van der Waals surface area contributed by atoms with Gasteiger partial charge in [0.2, 0.25) is 0 Å². The van der Waals surface area contributed by atoms with Crippen LogP contribution in [0.2, 0.25) is 0 Å². The molecule has 0 atom stereocenters. The van der Waals surface area contributed by atoms with Crippen molar-refractivity contribution in [3.63, 3.8) is 0 Å². The molecule has 40 heavy (non-hydrogen) atoms. The number of hydrogen-bond acceptors (Lipinski definition) is 1. The Morgan fingerprint density at radius 1 is 0.425 bits per heavy atom. The van der Waals surface area contributed by atoms with E-state index in [-0.39, 0.29) is 5.41 Å². The minimum atomic E-state index is -0.142. The van der Waals surface area contributed by atoms with Gasteiger partial charge >= 0.3 is 0 Å². The molecule has 0 fully saturated rings. The highest BCUT2D eigenvalue weighted by Gasteiger charge is 2.36. The van der Waals surface area contributed by atoms with Gasteiger partial charge in [0.1, 0.15) is 0 Å². The maximum atomic E-state index is 2.43. The summed E-state index contributed by atoms with van der Waals surface area (Å²) in [5.74, 6) is 0. The monoisotopic (exact) mass is 513 g/mol. The fraction of sp³-hybridized carbons (Fsp3) is 0.128. The van der Waals surface area contributed by atoms with Crippen molar-refractivity contribution >= 4 is 27.8 Å². The Morgan fingerprint density at radius 2 is 0.900 bits per heavy atom. The molecule has 0 unspecified atom stereocenters. The predicted octanol–water partition coefficient (Wildman–Crippen LogP) is 10.9. The number of hydrogen-bond donors (Lipinski definition) is 0. The van der Waals surface area contributed by atoms with Crippen LogP contribution in [0, 0.1) is 13.8 Å². The van der Waals surface area contributed by atoms with Crippen molar-refractivity contribution < 1.29 is 0 Å². The lowest BCUT2D eigenvalue weighted by molar-refractivity contribution is 0.645. The molecule has 8 rings (SSSR count). The lowest BCUT2D eigenvalue weighted by atomic mass is 9.68. The highest BCUT2D eigenvalue weighted by atomic mass is 15.1. The minimum absolute atomic E-state index is 0.142. The molecule has 1 nitrogen and oxygen atoms in total. The third kappa shape index (κ3) is 3.15. The predicted molar refractivity (Wildman–Crippen MR) is 170 cm³/mol. The summed E-state index contributed by atoms with van der Waals surface area (Å²) in [5, 5.41) is 2.84. The van der Waals surface area contributed by atoms with Crippen LogP contribution in [0.1, 0.15) is 36.1 Å². The molecule has 6 aromatic rings. The Kier molecular flexibility index (Phi) is 4.77. The molecule has 0 amide bonds. The van der Waals surface area contributed by atoms with Crippen LogP contribution in [-0.4, -0.2) is 0 Å². The molecule has 0 spiro atoms. The van der Waals surface area contributed by atoms with E-state index in [1.54, 1.807) is 0 Å². The lowest BCUT2D eigenvalue weighted by Crippen LogP contribution is -2.24. The second-order valence-corrected chi connectivity index (χ2v) is 12.0. The van der Waals surface area contributed by atoms with Crippen LogP contribution in [0.5, 0.6) is 0 Å². The average molecular weight is 514 g/mol. The molecule has 1 heteroatoms. The van der Waals surface area contributed by atoms with Crippen LogP contribution in [0.25, 0.3) is 44.2 Å². The van der Waals surface area contributed by atoms with E-state index in [4.69, 9.17) is 0 Å². The largest absolute Gasteiger partial charge is 0.310 e. The molecule has 2 aliphatic carbocycles. The first-order valence-corrected chi connectivity index (χ1v) is 14.2. The Balaban J connectivity index is 1.36. The summed E-state index contributed by atoms with van der Waals surface area (Å²) in [6.07, 6.45) is 0. The summed E-state index contributed by atoms with van der Waals surface area (Å²) in [4.78, 5) is 2.39. The van der Waals surface area contributed by atoms with Gasteiger partial charge in [0, 0.05) is 22.5 Å². The number of fused-ring (bicyclic) bond motifs is 5. The molecule has 0 heterocycles. The van der Waals surface area contributed by atoms with Crippen molar-refractivity contribution in [3.05, 3.63) is 138 Å². The molecule has 0 aromatic heterocycles. The van der Waals surface area contributed by atoms with Crippen molar-refractivity contribution in [1.82, 2.24) is 0 Å². The second-order valence-electron chi connectivity index (χ2n) is 12.0. The molecular weight excluding hydrogens is 482 g/mol. The fourth-order valence-electron chi connectivity index (χ4n) is 7.05. The highest BCUT2D eigenvalue weighted by molar-refractivity contribution is 6.20. The molecule has 192 valence electrons. The van der Waals surface area contributed by atoms with Gasteiger partial charge in [0.15, 0.2) is 0 Å². The van der Waals surface area contributed by atoms with Gasteiger partial charge < -0.3 is 4.90 Å². The van der Waals surface area contributed by atoms with Gasteiger partial charge in [0.25, 0.3) is 0 Å². The molecule has 0 N–H and O–H groups in total. The third-order valence-electron chi connectivity index (χ3n) is 9.15. The van der Waals surface area contributed by atoms with Crippen LogP contribution >= 0.6 is 0 Å². The molecule has 0 radical (unpaired) electrons. The Labute approximate surface area is 236 Å². The Morgan fingerprint density at radius 3 is 1.48 bits per heavy atom. The summed E-state index contributed by atoms with van der Waals surface area (Å²) >= 11 is 0. The van der Waals surface area contributed by atoms with Crippen molar-refractivity contribution in [2.45, 2.75) is 33.1 Å². The van der Waals surface area contributed by atoms with E-state index in [1.165, 1.54) is 83.5 Å². The van der Waals surface area contributed by atoms with Crippen LogP contribution in [0.3, 0.4) is 0 Å². The van der Waals surface area contributed by atoms with Gasteiger partial charge in [-0.05, 0) is 106 Å². The Bertz CT molecular complexity index is 1900. The maximum Gasteiger partial charge on any atom is 0.0465 e. The lowest BCUT2D eigenvalue weighted by Gasteiger charge is -2.37. The fourth-order valence-corrected chi connectivity index (χ4v) is 7.05. The summed E-state index contributed by atoms with van der Waals surface area (Å²) in [6, 6.07) is 43.1. The van der Waals surface area contributed by atoms with Crippen LogP contribution < -0.4 is 4.90 Å². The minimum Gasteiger partial charge on any atom is -0.310 e. The zero-order valence-electron chi connectivity index (χ0n) is 23.4. The smallest absolute Gasteiger partial charge is 0.0465 e. The highest BCUT2D eigenvalue weighted by Crippen LogP contribution is 2.56. The van der Waals surface area contributed by atoms with E-state index in [1.807, 2.05) is 0 Å². The van der Waals surface area contributed by atoms with Crippen molar-refractivity contribution in [3.8, 4) is 33.4 Å². The number of anilines is 3. The second kappa shape index (κ2) is 8.19. The zero-order chi connectivity index (χ0) is 27.2. The zero-order valence-corrected chi connectivity index (χ0v) is 23.4. The SMILES string of the molecule is Cc1ccc(N(c2ccc(C)cc2)c2ccc3c(c2)C(C)(C)c2ccc4c5c(ccc-3c25)-c2ccccc2-4)cc1. The summed E-state index contributed by atoms with van der Waals surface area (Å²) in [6.45, 7) is 9.08. The maximum absolute atomic E-state index is 2.43. The summed E-state index contributed by atoms with van der Waals surface area (Å²) in [7, 11) is 0. The molecule has 0 bridgehead atoms. The van der Waals surface area contributed by atoms with Gasteiger partial charge in [-0.15, -0.1) is 0 Å². The van der Waals surface area contributed by atoms with Crippen LogP contribution in [0.4, 0.5) is 17.1 Å². The molecular formula is C39H31N. The van der Waals surface area contributed by atoms with E-state index in [9.17, 15) is 0 Å². The molecule has 0 aliphatic heterocycles. The number of rotatable bonds is 3. The molecule has 2 aliphatic rings. The van der Waals surface area contributed by atoms with Gasteiger partial charge in [-0.25, -0.2) is 0 Å². The van der Waals surface area contributed by atoms with Crippen molar-refractivity contribution in [2.24, 2.45) is 0 Å². The van der Waals surface area contributed by atoms with Crippen molar-refractivity contribution in [2.75, 3.05) is 4.90 Å².